The molecule has 2 rings (SSSR count). The molecule has 19 heavy (non-hydrogen) atoms. The third-order valence-corrected chi connectivity index (χ3v) is 4.28. The summed E-state index contributed by atoms with van der Waals surface area (Å²) in [6.45, 7) is 6.20. The van der Waals surface area contributed by atoms with Crippen molar-refractivity contribution in [2.24, 2.45) is 5.73 Å². The van der Waals surface area contributed by atoms with Gasteiger partial charge in [-0.15, -0.1) is 0 Å². The lowest BCUT2D eigenvalue weighted by atomic mass is 9.99. The molecule has 3 atom stereocenters. The number of rotatable bonds is 5. The van der Waals surface area contributed by atoms with E-state index in [0.717, 1.165) is 26.0 Å². The molecule has 0 aliphatic carbocycles. The van der Waals surface area contributed by atoms with Gasteiger partial charge in [0.05, 0.1) is 6.10 Å². The highest BCUT2D eigenvalue weighted by atomic mass is 16.5. The summed E-state index contributed by atoms with van der Waals surface area (Å²) in [6, 6.07) is 9.08. The van der Waals surface area contributed by atoms with Gasteiger partial charge in [-0.05, 0) is 44.9 Å². The lowest BCUT2D eigenvalue weighted by Crippen LogP contribution is -2.38. The van der Waals surface area contributed by atoms with Gasteiger partial charge < -0.3 is 15.4 Å². The lowest BCUT2D eigenvalue weighted by molar-refractivity contribution is 0.0827. The van der Waals surface area contributed by atoms with Crippen LogP contribution in [-0.2, 0) is 4.74 Å². The van der Waals surface area contributed by atoms with Crippen molar-refractivity contribution < 1.29 is 4.74 Å². The van der Waals surface area contributed by atoms with Crippen molar-refractivity contribution in [2.75, 3.05) is 20.2 Å². The van der Waals surface area contributed by atoms with Crippen LogP contribution in [0.1, 0.15) is 36.9 Å². The molecule has 1 saturated heterocycles. The normalized spacial score (nSPS) is 24.9. The number of nitrogens with zero attached hydrogens (tertiary/aromatic N) is 1. The molecule has 0 radical (unpaired) electrons. The number of nitrogens with two attached hydrogens (primary N) is 1. The highest BCUT2D eigenvalue weighted by Crippen LogP contribution is 2.21. The first kappa shape index (κ1) is 14.5. The number of ether oxygens (including phenoxy) is 1. The molecular formula is C16H26N2O. The monoisotopic (exact) mass is 262 g/mol. The second kappa shape index (κ2) is 6.51. The Bertz CT molecular complexity index is 407. The number of hydrogen-bond donors (Lipinski definition) is 1. The molecule has 1 heterocycles. The minimum atomic E-state index is 0.126. The van der Waals surface area contributed by atoms with Crippen molar-refractivity contribution in [1.29, 1.82) is 0 Å². The Morgan fingerprint density at radius 1 is 1.42 bits per heavy atom. The Morgan fingerprint density at radius 3 is 2.79 bits per heavy atom. The highest BCUT2D eigenvalue weighted by molar-refractivity contribution is 5.28. The third-order valence-electron chi connectivity index (χ3n) is 4.28. The molecule has 2 N–H and O–H groups in total. The maximum absolute atomic E-state index is 6.32. The number of hydrogen-bond acceptors (Lipinski definition) is 3. The van der Waals surface area contributed by atoms with E-state index in [1.807, 2.05) is 0 Å². The number of likely N-dealkylation sites (N-methyl/N-ethyl adjacent to an activating group) is 1. The van der Waals surface area contributed by atoms with Crippen LogP contribution in [0.4, 0.5) is 0 Å². The van der Waals surface area contributed by atoms with Crippen molar-refractivity contribution in [3.8, 4) is 0 Å². The van der Waals surface area contributed by atoms with Crippen molar-refractivity contribution in [3.63, 3.8) is 0 Å². The number of aryl methyl sites for hydroxylation is 1. The van der Waals surface area contributed by atoms with Gasteiger partial charge in [-0.2, -0.15) is 0 Å². The second-order valence-corrected chi connectivity index (χ2v) is 5.66. The smallest absolute Gasteiger partial charge is 0.0702 e. The molecule has 1 aliphatic rings. The largest absolute Gasteiger partial charge is 0.377 e. The summed E-state index contributed by atoms with van der Waals surface area (Å²) >= 11 is 0. The Hall–Kier alpha value is -0.900. The summed E-state index contributed by atoms with van der Waals surface area (Å²) < 4.78 is 5.62. The van der Waals surface area contributed by atoms with E-state index in [-0.39, 0.29) is 6.04 Å². The number of benzene rings is 1. The molecule has 0 saturated carbocycles. The van der Waals surface area contributed by atoms with E-state index in [9.17, 15) is 0 Å². The van der Waals surface area contributed by atoms with Crippen LogP contribution in [-0.4, -0.2) is 37.2 Å². The van der Waals surface area contributed by atoms with E-state index in [2.05, 4.69) is 50.1 Å². The van der Waals surface area contributed by atoms with Crippen LogP contribution in [0.3, 0.4) is 0 Å². The summed E-state index contributed by atoms with van der Waals surface area (Å²) in [5.41, 5.74) is 8.88. The fourth-order valence-electron chi connectivity index (χ4n) is 2.97. The predicted molar refractivity (Wildman–Crippen MR) is 79.2 cm³/mol. The first-order chi connectivity index (χ1) is 9.09. The standard InChI is InChI=1S/C16H26N2O/c1-12-6-4-5-7-14(12)15(17)8-10-18(3)16-9-11-19-13(16)2/h4-7,13,15-16H,8-11,17H2,1-3H3. The molecule has 0 aromatic heterocycles. The zero-order chi connectivity index (χ0) is 13.8. The van der Waals surface area contributed by atoms with Crippen molar-refractivity contribution >= 4 is 0 Å². The van der Waals surface area contributed by atoms with Gasteiger partial charge in [-0.1, -0.05) is 24.3 Å². The Balaban J connectivity index is 1.86. The van der Waals surface area contributed by atoms with Crippen LogP contribution in [0.2, 0.25) is 0 Å². The molecule has 1 fully saturated rings. The lowest BCUT2D eigenvalue weighted by Gasteiger charge is -2.27. The van der Waals surface area contributed by atoms with Crippen LogP contribution in [0.15, 0.2) is 24.3 Å². The maximum atomic E-state index is 6.32. The second-order valence-electron chi connectivity index (χ2n) is 5.66. The first-order valence-electron chi connectivity index (χ1n) is 7.22. The molecule has 106 valence electrons. The third kappa shape index (κ3) is 3.56. The molecular weight excluding hydrogens is 236 g/mol. The maximum Gasteiger partial charge on any atom is 0.0702 e. The average Bonchev–Trinajstić information content (AvgIpc) is 2.82. The van der Waals surface area contributed by atoms with Crippen LogP contribution in [0.25, 0.3) is 0 Å². The van der Waals surface area contributed by atoms with E-state index in [1.54, 1.807) is 0 Å². The van der Waals surface area contributed by atoms with Gasteiger partial charge >= 0.3 is 0 Å². The summed E-state index contributed by atoms with van der Waals surface area (Å²) in [5.74, 6) is 0. The SMILES string of the molecule is Cc1ccccc1C(N)CCN(C)C1CCOC1C. The summed E-state index contributed by atoms with van der Waals surface area (Å²) in [4.78, 5) is 2.40. The first-order valence-corrected chi connectivity index (χ1v) is 7.22. The van der Waals surface area contributed by atoms with Gasteiger partial charge in [-0.3, -0.25) is 0 Å². The van der Waals surface area contributed by atoms with Gasteiger partial charge in [0.2, 0.25) is 0 Å². The van der Waals surface area contributed by atoms with E-state index >= 15 is 0 Å². The topological polar surface area (TPSA) is 38.5 Å². The molecule has 1 aromatic rings. The van der Waals surface area contributed by atoms with Crippen LogP contribution < -0.4 is 5.73 Å². The molecule has 1 aromatic carbocycles. The zero-order valence-corrected chi connectivity index (χ0v) is 12.3. The van der Waals surface area contributed by atoms with Crippen molar-refractivity contribution in [3.05, 3.63) is 35.4 Å². The molecule has 3 heteroatoms. The van der Waals surface area contributed by atoms with Gasteiger partial charge in [0.25, 0.3) is 0 Å². The average molecular weight is 262 g/mol. The van der Waals surface area contributed by atoms with Gasteiger partial charge in [-0.25, -0.2) is 0 Å². The van der Waals surface area contributed by atoms with Crippen LogP contribution in [0.5, 0.6) is 0 Å². The molecule has 3 nitrogen and oxygen atoms in total. The van der Waals surface area contributed by atoms with E-state index in [1.165, 1.54) is 11.1 Å². The summed E-state index contributed by atoms with van der Waals surface area (Å²) in [6.07, 6.45) is 2.47. The Kier molecular flexibility index (Phi) is 4.97. The molecule has 0 bridgehead atoms. The fourth-order valence-corrected chi connectivity index (χ4v) is 2.97. The highest BCUT2D eigenvalue weighted by Gasteiger charge is 2.27. The molecule has 0 spiro atoms. The predicted octanol–water partition coefficient (Wildman–Crippen LogP) is 2.49. The van der Waals surface area contributed by atoms with Crippen LogP contribution >= 0.6 is 0 Å². The summed E-state index contributed by atoms with van der Waals surface area (Å²) in [5, 5.41) is 0. The summed E-state index contributed by atoms with van der Waals surface area (Å²) in [7, 11) is 2.18. The minimum absolute atomic E-state index is 0.126. The van der Waals surface area contributed by atoms with Gasteiger partial charge in [0.15, 0.2) is 0 Å². The molecule has 0 amide bonds. The molecule has 1 aliphatic heterocycles. The van der Waals surface area contributed by atoms with Gasteiger partial charge in [0.1, 0.15) is 0 Å². The fraction of sp³-hybridized carbons (Fsp3) is 0.625. The van der Waals surface area contributed by atoms with Gasteiger partial charge in [0, 0.05) is 25.2 Å². The van der Waals surface area contributed by atoms with Crippen molar-refractivity contribution in [1.82, 2.24) is 4.90 Å². The van der Waals surface area contributed by atoms with Crippen LogP contribution in [0, 0.1) is 6.92 Å². The van der Waals surface area contributed by atoms with E-state index in [4.69, 9.17) is 10.5 Å². The van der Waals surface area contributed by atoms with E-state index in [0.29, 0.717) is 12.1 Å². The van der Waals surface area contributed by atoms with Crippen molar-refractivity contribution in [2.45, 2.75) is 44.9 Å². The Labute approximate surface area is 116 Å². The Morgan fingerprint density at radius 2 is 2.16 bits per heavy atom. The zero-order valence-electron chi connectivity index (χ0n) is 12.3. The minimum Gasteiger partial charge on any atom is -0.377 e. The van der Waals surface area contributed by atoms with E-state index < -0.39 is 0 Å². The quantitative estimate of drug-likeness (QED) is 0.886. The molecule has 3 unspecified atom stereocenters.